The van der Waals surface area contributed by atoms with Gasteiger partial charge < -0.3 is 15.0 Å². The second-order valence-electron chi connectivity index (χ2n) is 7.07. The van der Waals surface area contributed by atoms with Gasteiger partial charge in [0.05, 0.1) is 35.7 Å². The number of quaternary nitrogens is 1. The van der Waals surface area contributed by atoms with E-state index in [2.05, 4.69) is 26.1 Å². The van der Waals surface area contributed by atoms with E-state index in [9.17, 15) is 9.59 Å². The Balaban J connectivity index is 1.94. The standard InChI is InChI=1S/C21H26N2O3S2/c1-5-27-16-9-7-6-8-15(16)19(24)22-20-18(21(25)26-4)14-10-11-23(13(2)3)12-17(14)28-20/h6-9,13H,5,10-12H2,1-4H3,(H,22,24)/p+1. The van der Waals surface area contributed by atoms with Crippen LogP contribution in [-0.2, 0) is 17.7 Å². The van der Waals surface area contributed by atoms with Crippen LogP contribution in [0.4, 0.5) is 5.00 Å². The molecule has 28 heavy (non-hydrogen) atoms. The number of fused-ring (bicyclic) bond motifs is 1. The van der Waals surface area contributed by atoms with Crippen LogP contribution < -0.4 is 10.2 Å². The van der Waals surface area contributed by atoms with E-state index >= 15 is 0 Å². The number of thioether (sulfide) groups is 1. The van der Waals surface area contributed by atoms with Crippen LogP contribution in [0.2, 0.25) is 0 Å². The highest BCUT2D eigenvalue weighted by Gasteiger charge is 2.32. The molecule has 2 heterocycles. The minimum atomic E-state index is -0.378. The SMILES string of the molecule is CCSc1ccccc1C(=O)Nc1sc2c(c1C(=O)OC)CC[NH+](C(C)C)C2. The van der Waals surface area contributed by atoms with E-state index in [0.29, 0.717) is 22.2 Å². The van der Waals surface area contributed by atoms with Gasteiger partial charge in [-0.2, -0.15) is 0 Å². The monoisotopic (exact) mass is 419 g/mol. The number of hydrogen-bond acceptors (Lipinski definition) is 5. The Morgan fingerprint density at radius 2 is 2.07 bits per heavy atom. The van der Waals surface area contributed by atoms with Gasteiger partial charge in [0.2, 0.25) is 0 Å². The predicted octanol–water partition coefficient (Wildman–Crippen LogP) is 3.25. The van der Waals surface area contributed by atoms with Crippen LogP contribution in [0.1, 0.15) is 51.9 Å². The number of hydrogen-bond donors (Lipinski definition) is 2. The summed E-state index contributed by atoms with van der Waals surface area (Å²) in [7, 11) is 1.39. The fourth-order valence-corrected chi connectivity index (χ4v) is 5.59. The summed E-state index contributed by atoms with van der Waals surface area (Å²) in [5.74, 6) is 0.323. The molecule has 1 amide bonds. The average Bonchev–Trinajstić information content (AvgIpc) is 3.04. The lowest BCUT2D eigenvalue weighted by Gasteiger charge is -2.27. The van der Waals surface area contributed by atoms with Crippen molar-refractivity contribution in [1.29, 1.82) is 0 Å². The van der Waals surface area contributed by atoms with Crippen LogP contribution in [0.5, 0.6) is 0 Å². The fraction of sp³-hybridized carbons (Fsp3) is 0.429. The second-order valence-corrected chi connectivity index (χ2v) is 9.48. The molecule has 1 unspecified atom stereocenters. The largest absolute Gasteiger partial charge is 0.465 e. The van der Waals surface area contributed by atoms with E-state index in [0.717, 1.165) is 35.7 Å². The molecule has 0 saturated carbocycles. The summed E-state index contributed by atoms with van der Waals surface area (Å²) >= 11 is 3.14. The number of nitrogens with one attached hydrogen (secondary N) is 2. The summed E-state index contributed by atoms with van der Waals surface area (Å²) in [6.07, 6.45) is 0.821. The number of esters is 1. The van der Waals surface area contributed by atoms with E-state index in [-0.39, 0.29) is 11.9 Å². The van der Waals surface area contributed by atoms with E-state index in [4.69, 9.17) is 4.74 Å². The van der Waals surface area contributed by atoms with Crippen LogP contribution in [-0.4, -0.2) is 37.3 Å². The molecule has 1 aromatic carbocycles. The van der Waals surface area contributed by atoms with Crippen molar-refractivity contribution < 1.29 is 19.2 Å². The quantitative estimate of drug-likeness (QED) is 0.557. The second kappa shape index (κ2) is 9.11. The molecule has 1 aliphatic rings. The van der Waals surface area contributed by atoms with Crippen LogP contribution in [0.15, 0.2) is 29.2 Å². The Kier molecular flexibility index (Phi) is 6.80. The van der Waals surface area contributed by atoms with E-state index in [1.807, 2.05) is 24.3 Å². The third-order valence-corrected chi connectivity index (χ3v) is 7.14. The maximum absolute atomic E-state index is 13.0. The highest BCUT2D eigenvalue weighted by molar-refractivity contribution is 7.99. The van der Waals surface area contributed by atoms with E-state index < -0.39 is 0 Å². The third kappa shape index (κ3) is 4.26. The first-order chi connectivity index (χ1) is 13.5. The van der Waals surface area contributed by atoms with Crippen LogP contribution in [0.3, 0.4) is 0 Å². The first-order valence-corrected chi connectivity index (χ1v) is 11.4. The Labute approximate surface area is 174 Å². The highest BCUT2D eigenvalue weighted by Crippen LogP contribution is 2.36. The molecular weight excluding hydrogens is 392 g/mol. The van der Waals surface area contributed by atoms with Gasteiger partial charge in [-0.1, -0.05) is 19.1 Å². The molecule has 150 valence electrons. The lowest BCUT2D eigenvalue weighted by atomic mass is 10.0. The van der Waals surface area contributed by atoms with Gasteiger partial charge in [-0.15, -0.1) is 23.1 Å². The van der Waals surface area contributed by atoms with Crippen molar-refractivity contribution in [2.24, 2.45) is 0 Å². The summed E-state index contributed by atoms with van der Waals surface area (Å²) in [6, 6.07) is 8.09. The molecule has 0 radical (unpaired) electrons. The molecule has 0 bridgehead atoms. The first kappa shape index (κ1) is 20.9. The van der Waals surface area contributed by atoms with Gasteiger partial charge in [-0.05, 0) is 37.3 Å². The molecule has 2 aromatic rings. The number of methoxy groups -OCH3 is 1. The normalized spacial score (nSPS) is 16.0. The summed E-state index contributed by atoms with van der Waals surface area (Å²) < 4.78 is 5.03. The van der Waals surface area contributed by atoms with Gasteiger partial charge in [0.15, 0.2) is 0 Å². The van der Waals surface area contributed by atoms with Gasteiger partial charge in [-0.3, -0.25) is 4.79 Å². The Bertz CT molecular complexity index is 877. The molecule has 1 aliphatic heterocycles. The number of rotatable bonds is 6. The number of anilines is 1. The molecule has 3 rings (SSSR count). The zero-order chi connectivity index (χ0) is 20.3. The van der Waals surface area contributed by atoms with Crippen molar-refractivity contribution in [3.05, 3.63) is 45.8 Å². The summed E-state index contributed by atoms with van der Waals surface area (Å²) in [5.41, 5.74) is 2.19. The Morgan fingerprint density at radius 1 is 1.32 bits per heavy atom. The van der Waals surface area contributed by atoms with Crippen molar-refractivity contribution in [2.45, 2.75) is 44.7 Å². The molecule has 7 heteroatoms. The number of carbonyl (C=O) groups is 2. The molecule has 0 fully saturated rings. The van der Waals surface area contributed by atoms with Gasteiger partial charge >= 0.3 is 5.97 Å². The van der Waals surface area contributed by atoms with Crippen molar-refractivity contribution in [3.63, 3.8) is 0 Å². The van der Waals surface area contributed by atoms with Gasteiger partial charge in [-0.25, -0.2) is 4.79 Å². The number of benzene rings is 1. The molecule has 1 atom stereocenters. The van der Waals surface area contributed by atoms with Gasteiger partial charge in [0.25, 0.3) is 5.91 Å². The van der Waals surface area contributed by atoms with Crippen molar-refractivity contribution in [1.82, 2.24) is 0 Å². The number of carbonyl (C=O) groups excluding carboxylic acids is 2. The van der Waals surface area contributed by atoms with Crippen molar-refractivity contribution in [2.75, 3.05) is 24.7 Å². The molecule has 2 N–H and O–H groups in total. The maximum Gasteiger partial charge on any atom is 0.341 e. The van der Waals surface area contributed by atoms with Crippen molar-refractivity contribution in [3.8, 4) is 0 Å². The lowest BCUT2D eigenvalue weighted by Crippen LogP contribution is -3.14. The number of ether oxygens (including phenoxy) is 1. The lowest BCUT2D eigenvalue weighted by molar-refractivity contribution is -0.936. The topological polar surface area (TPSA) is 59.8 Å². The summed E-state index contributed by atoms with van der Waals surface area (Å²) in [5, 5.41) is 3.60. The fourth-order valence-electron chi connectivity index (χ4n) is 3.50. The number of amides is 1. The predicted molar refractivity (Wildman–Crippen MR) is 115 cm³/mol. The zero-order valence-electron chi connectivity index (χ0n) is 16.8. The third-order valence-electron chi connectivity index (χ3n) is 5.04. The van der Waals surface area contributed by atoms with Gasteiger partial charge in [0.1, 0.15) is 11.5 Å². The van der Waals surface area contributed by atoms with E-state index in [1.165, 1.54) is 28.2 Å². The van der Waals surface area contributed by atoms with Crippen molar-refractivity contribution >= 4 is 40.0 Å². The van der Waals surface area contributed by atoms with Gasteiger partial charge in [0, 0.05) is 11.3 Å². The Hall–Kier alpha value is -1.83. The zero-order valence-corrected chi connectivity index (χ0v) is 18.4. The molecule has 5 nitrogen and oxygen atoms in total. The van der Waals surface area contributed by atoms with E-state index in [1.54, 1.807) is 11.8 Å². The molecule has 0 saturated heterocycles. The highest BCUT2D eigenvalue weighted by atomic mass is 32.2. The minimum absolute atomic E-state index is 0.187. The average molecular weight is 420 g/mol. The molecule has 0 spiro atoms. The number of thiophene rings is 1. The minimum Gasteiger partial charge on any atom is -0.465 e. The maximum atomic E-state index is 13.0. The van der Waals surface area contributed by atoms with Crippen LogP contribution in [0, 0.1) is 0 Å². The Morgan fingerprint density at radius 3 is 2.75 bits per heavy atom. The molecule has 0 aliphatic carbocycles. The molecular formula is C21H27N2O3S2+. The molecule has 1 aromatic heterocycles. The summed E-state index contributed by atoms with van der Waals surface area (Å²) in [4.78, 5) is 29.1. The smallest absolute Gasteiger partial charge is 0.341 e. The van der Waals surface area contributed by atoms with Crippen LogP contribution in [0.25, 0.3) is 0 Å². The van der Waals surface area contributed by atoms with Crippen LogP contribution >= 0.6 is 23.1 Å². The summed E-state index contributed by atoms with van der Waals surface area (Å²) in [6.45, 7) is 8.33. The first-order valence-electron chi connectivity index (χ1n) is 9.56.